The number of benzene rings is 3. The van der Waals surface area contributed by atoms with Crippen LogP contribution >= 0.6 is 0 Å². The molecule has 0 bridgehead atoms. The molecule has 0 heterocycles. The van der Waals surface area contributed by atoms with Crippen molar-refractivity contribution in [2.24, 2.45) is 5.92 Å². The molecular formula is C28H28F3NO5. The molecule has 0 aliphatic carbocycles. The summed E-state index contributed by atoms with van der Waals surface area (Å²) in [6.07, 6.45) is -3.18. The highest BCUT2D eigenvalue weighted by Crippen LogP contribution is 2.28. The number of ether oxygens (including phenoxy) is 2. The quantitative estimate of drug-likeness (QED) is 0.304. The standard InChI is InChI=1S/C28H28F3NO5/c1-19(5-6-20-7-9-22(10-8-20)27(35)32-16-15-26(33)34)18-36-25-4-2-3-23(17-25)21-11-13-24(14-12-21)37-28(29,30)31/h2-4,7-14,17,19H,5-6,15-16,18H2,1H3,(H,32,35)(H,33,34). The fourth-order valence-electron chi connectivity index (χ4n) is 3.56. The van der Waals surface area contributed by atoms with Gasteiger partial charge in [0, 0.05) is 12.1 Å². The summed E-state index contributed by atoms with van der Waals surface area (Å²) in [6.45, 7) is 2.65. The summed E-state index contributed by atoms with van der Waals surface area (Å²) in [4.78, 5) is 22.6. The van der Waals surface area contributed by atoms with E-state index in [1.165, 1.54) is 12.1 Å². The van der Waals surface area contributed by atoms with Gasteiger partial charge < -0.3 is 19.9 Å². The number of carbonyl (C=O) groups is 2. The molecule has 3 aromatic carbocycles. The number of hydrogen-bond acceptors (Lipinski definition) is 4. The summed E-state index contributed by atoms with van der Waals surface area (Å²) in [6, 6.07) is 20.2. The van der Waals surface area contributed by atoms with Gasteiger partial charge in [-0.15, -0.1) is 13.2 Å². The van der Waals surface area contributed by atoms with Gasteiger partial charge in [0.15, 0.2) is 0 Å². The number of carboxylic acids is 1. The Morgan fingerprint density at radius 2 is 1.65 bits per heavy atom. The lowest BCUT2D eigenvalue weighted by Gasteiger charge is -2.14. The van der Waals surface area contributed by atoms with Crippen LogP contribution in [0.25, 0.3) is 11.1 Å². The van der Waals surface area contributed by atoms with Gasteiger partial charge in [0.2, 0.25) is 0 Å². The van der Waals surface area contributed by atoms with Gasteiger partial charge in [0.25, 0.3) is 5.91 Å². The molecule has 0 saturated carbocycles. The first-order valence-corrected chi connectivity index (χ1v) is 11.8. The Hall–Kier alpha value is -4.01. The average Bonchev–Trinajstić information content (AvgIpc) is 2.86. The largest absolute Gasteiger partial charge is 0.573 e. The SMILES string of the molecule is CC(CCc1ccc(C(=O)NCCC(=O)O)cc1)COc1cccc(-c2ccc(OC(F)(F)F)cc2)c1. The molecule has 3 aromatic rings. The molecule has 2 N–H and O–H groups in total. The van der Waals surface area contributed by atoms with Gasteiger partial charge >= 0.3 is 12.3 Å². The van der Waals surface area contributed by atoms with Crippen LogP contribution in [0.1, 0.15) is 35.7 Å². The van der Waals surface area contributed by atoms with Gasteiger partial charge in [-0.1, -0.05) is 43.3 Å². The lowest BCUT2D eigenvalue weighted by molar-refractivity contribution is -0.274. The maximum Gasteiger partial charge on any atom is 0.573 e. The van der Waals surface area contributed by atoms with Gasteiger partial charge in [0.1, 0.15) is 11.5 Å². The number of hydrogen-bond donors (Lipinski definition) is 2. The fraction of sp³-hybridized carbons (Fsp3) is 0.286. The third kappa shape index (κ3) is 9.51. The number of aliphatic carboxylic acids is 1. The molecule has 1 atom stereocenters. The van der Waals surface area contributed by atoms with E-state index < -0.39 is 12.3 Å². The van der Waals surface area contributed by atoms with E-state index in [1.54, 1.807) is 24.3 Å². The molecule has 0 radical (unpaired) electrons. The van der Waals surface area contributed by atoms with Crippen molar-refractivity contribution >= 4 is 11.9 Å². The van der Waals surface area contributed by atoms with Crippen LogP contribution in [0.15, 0.2) is 72.8 Å². The first-order chi connectivity index (χ1) is 17.6. The molecule has 196 valence electrons. The van der Waals surface area contributed by atoms with E-state index in [0.717, 1.165) is 29.5 Å². The molecule has 0 aromatic heterocycles. The van der Waals surface area contributed by atoms with Crippen molar-refractivity contribution in [1.82, 2.24) is 5.32 Å². The second-order valence-corrected chi connectivity index (χ2v) is 8.65. The van der Waals surface area contributed by atoms with Crippen LogP contribution in [0.4, 0.5) is 13.2 Å². The van der Waals surface area contributed by atoms with E-state index in [0.29, 0.717) is 17.9 Å². The van der Waals surface area contributed by atoms with Crippen LogP contribution in [0.2, 0.25) is 0 Å². The second kappa shape index (κ2) is 12.8. The van der Waals surface area contributed by atoms with Gasteiger partial charge in [-0.3, -0.25) is 9.59 Å². The van der Waals surface area contributed by atoms with Crippen LogP contribution in [-0.2, 0) is 11.2 Å². The smallest absolute Gasteiger partial charge is 0.493 e. The zero-order chi connectivity index (χ0) is 26.8. The number of alkyl halides is 3. The Balaban J connectivity index is 1.46. The minimum atomic E-state index is -4.73. The molecule has 3 rings (SSSR count). The van der Waals surface area contributed by atoms with Gasteiger partial charge in [-0.05, 0) is 71.8 Å². The number of nitrogens with one attached hydrogen (secondary N) is 1. The van der Waals surface area contributed by atoms with Crippen molar-refractivity contribution in [1.29, 1.82) is 0 Å². The van der Waals surface area contributed by atoms with Crippen molar-refractivity contribution in [3.63, 3.8) is 0 Å². The van der Waals surface area contributed by atoms with E-state index in [2.05, 4.69) is 17.0 Å². The Morgan fingerprint density at radius 3 is 2.30 bits per heavy atom. The molecule has 1 unspecified atom stereocenters. The Morgan fingerprint density at radius 1 is 0.946 bits per heavy atom. The van der Waals surface area contributed by atoms with Crippen molar-refractivity contribution in [3.8, 4) is 22.6 Å². The predicted molar refractivity (Wildman–Crippen MR) is 133 cm³/mol. The molecule has 1 amide bonds. The van der Waals surface area contributed by atoms with Gasteiger partial charge in [-0.25, -0.2) is 0 Å². The average molecular weight is 516 g/mol. The highest BCUT2D eigenvalue weighted by molar-refractivity contribution is 5.94. The predicted octanol–water partition coefficient (Wildman–Crippen LogP) is 6.10. The molecule has 0 spiro atoms. The zero-order valence-corrected chi connectivity index (χ0v) is 20.3. The first-order valence-electron chi connectivity index (χ1n) is 11.8. The van der Waals surface area contributed by atoms with E-state index in [4.69, 9.17) is 9.84 Å². The van der Waals surface area contributed by atoms with Crippen molar-refractivity contribution < 1.29 is 37.3 Å². The maximum absolute atomic E-state index is 12.4. The van der Waals surface area contributed by atoms with Crippen LogP contribution < -0.4 is 14.8 Å². The third-order valence-corrected chi connectivity index (χ3v) is 5.56. The van der Waals surface area contributed by atoms with Gasteiger partial charge in [-0.2, -0.15) is 0 Å². The molecule has 37 heavy (non-hydrogen) atoms. The number of halogens is 3. The molecule has 0 fully saturated rings. The minimum Gasteiger partial charge on any atom is -0.493 e. The molecule has 9 heteroatoms. The van der Waals surface area contributed by atoms with Crippen LogP contribution in [0.5, 0.6) is 11.5 Å². The lowest BCUT2D eigenvalue weighted by atomic mass is 10.0. The zero-order valence-electron chi connectivity index (χ0n) is 20.3. The maximum atomic E-state index is 12.4. The number of amides is 1. The summed E-state index contributed by atoms with van der Waals surface area (Å²) in [5.74, 6) is -0.622. The van der Waals surface area contributed by atoms with Crippen molar-refractivity contribution in [2.45, 2.75) is 32.5 Å². The van der Waals surface area contributed by atoms with Crippen molar-refractivity contribution in [3.05, 3.63) is 83.9 Å². The van der Waals surface area contributed by atoms with Crippen LogP contribution in [0.3, 0.4) is 0 Å². The Labute approximate surface area is 213 Å². The number of aryl methyl sites for hydroxylation is 1. The van der Waals surface area contributed by atoms with Crippen LogP contribution in [0, 0.1) is 5.92 Å². The topological polar surface area (TPSA) is 84.9 Å². The minimum absolute atomic E-state index is 0.0829. The summed E-state index contributed by atoms with van der Waals surface area (Å²) < 4.78 is 46.9. The van der Waals surface area contributed by atoms with Crippen molar-refractivity contribution in [2.75, 3.05) is 13.2 Å². The third-order valence-electron chi connectivity index (χ3n) is 5.56. The molecule has 0 saturated heterocycles. The van der Waals surface area contributed by atoms with E-state index in [-0.39, 0.29) is 30.5 Å². The second-order valence-electron chi connectivity index (χ2n) is 8.65. The Kier molecular flexibility index (Phi) is 9.54. The van der Waals surface area contributed by atoms with E-state index in [9.17, 15) is 22.8 Å². The fourth-order valence-corrected chi connectivity index (χ4v) is 3.56. The summed E-state index contributed by atoms with van der Waals surface area (Å²) in [7, 11) is 0. The molecule has 0 aliphatic rings. The summed E-state index contributed by atoms with van der Waals surface area (Å²) >= 11 is 0. The molecule has 0 aliphatic heterocycles. The number of carboxylic acid groups (broad SMARTS) is 1. The van der Waals surface area contributed by atoms with E-state index >= 15 is 0 Å². The summed E-state index contributed by atoms with van der Waals surface area (Å²) in [5.41, 5.74) is 3.12. The van der Waals surface area contributed by atoms with Gasteiger partial charge in [0.05, 0.1) is 13.0 Å². The monoisotopic (exact) mass is 515 g/mol. The highest BCUT2D eigenvalue weighted by atomic mass is 19.4. The number of carbonyl (C=O) groups excluding carboxylic acids is 1. The lowest BCUT2D eigenvalue weighted by Crippen LogP contribution is -2.25. The van der Waals surface area contributed by atoms with Crippen LogP contribution in [-0.4, -0.2) is 36.5 Å². The van der Waals surface area contributed by atoms with E-state index in [1.807, 2.05) is 36.4 Å². The molecule has 6 nitrogen and oxygen atoms in total. The highest BCUT2D eigenvalue weighted by Gasteiger charge is 2.30. The Bertz CT molecular complexity index is 1180. The molecular weight excluding hydrogens is 487 g/mol. The first kappa shape index (κ1) is 27.6. The normalized spacial score (nSPS) is 12.0. The summed E-state index contributed by atoms with van der Waals surface area (Å²) in [5, 5.41) is 11.2. The number of rotatable bonds is 12.